The molecule has 0 bridgehead atoms. The third-order valence-corrected chi connectivity index (χ3v) is 8.60. The maximum absolute atomic E-state index is 13.8. The highest BCUT2D eigenvalue weighted by atomic mass is 32.2. The Kier molecular flexibility index (Phi) is 12.1. The summed E-state index contributed by atoms with van der Waals surface area (Å²) in [5, 5.41) is 6.37. The lowest BCUT2D eigenvalue weighted by atomic mass is 9.98. The van der Waals surface area contributed by atoms with E-state index in [1.165, 1.54) is 29.2 Å². The van der Waals surface area contributed by atoms with Gasteiger partial charge in [-0.15, -0.1) is 0 Å². The molecule has 15 heteroatoms. The maximum Gasteiger partial charge on any atom is 0.339 e. The fraction of sp³-hybridized carbons (Fsp3) is 0.593. The second kappa shape index (κ2) is 15.5. The van der Waals surface area contributed by atoms with Crippen LogP contribution >= 0.6 is 0 Å². The molecule has 2 atom stereocenters. The van der Waals surface area contributed by atoms with E-state index in [9.17, 15) is 27.6 Å². The molecule has 0 unspecified atom stereocenters. The summed E-state index contributed by atoms with van der Waals surface area (Å²) in [5.74, 6) is 2.85. The summed E-state index contributed by atoms with van der Waals surface area (Å²) in [4.78, 5) is 54.1. The van der Waals surface area contributed by atoms with Crippen LogP contribution in [0, 0.1) is 5.92 Å². The molecular weight excluding hydrogens is 568 g/mol. The SMILES string of the molecule is CCOC(=O)CCN(C(=O)[C@H](CC(=O)NC[C@@H]1CCCN(C=NN)C1)NS(=O)(=O)c1ccccc1C(=O)OC)C1CC1. The number of amides is 2. The molecule has 2 fully saturated rings. The van der Waals surface area contributed by atoms with Crippen LogP contribution < -0.4 is 15.9 Å². The fourth-order valence-corrected chi connectivity index (χ4v) is 6.28. The van der Waals surface area contributed by atoms with Gasteiger partial charge in [0, 0.05) is 32.2 Å². The number of methoxy groups -OCH3 is 1. The Morgan fingerprint density at radius 1 is 1.21 bits per heavy atom. The second-order valence-corrected chi connectivity index (χ2v) is 11.9. The van der Waals surface area contributed by atoms with Gasteiger partial charge in [-0.05, 0) is 50.7 Å². The van der Waals surface area contributed by atoms with Gasteiger partial charge >= 0.3 is 11.9 Å². The van der Waals surface area contributed by atoms with Crippen LogP contribution in [0.25, 0.3) is 0 Å². The Hall–Kier alpha value is -3.72. The smallest absolute Gasteiger partial charge is 0.339 e. The molecule has 1 aromatic rings. The third-order valence-electron chi connectivity index (χ3n) is 7.07. The average Bonchev–Trinajstić information content (AvgIpc) is 3.81. The Balaban J connectivity index is 1.80. The van der Waals surface area contributed by atoms with Gasteiger partial charge < -0.3 is 30.4 Å². The van der Waals surface area contributed by atoms with Crippen LogP contribution in [0.2, 0.25) is 0 Å². The number of esters is 2. The molecule has 0 spiro atoms. The number of rotatable bonds is 15. The first-order chi connectivity index (χ1) is 20.1. The number of carbonyl (C=O) groups is 4. The van der Waals surface area contributed by atoms with Crippen LogP contribution in [-0.4, -0.2) is 100 Å². The lowest BCUT2D eigenvalue weighted by molar-refractivity contribution is -0.144. The van der Waals surface area contributed by atoms with Gasteiger partial charge in [0.2, 0.25) is 21.8 Å². The number of nitrogens with zero attached hydrogens (tertiary/aromatic N) is 3. The molecule has 3 rings (SSSR count). The average molecular weight is 609 g/mol. The molecular formula is C27H40N6O8S. The number of hydrazone groups is 1. The lowest BCUT2D eigenvalue weighted by Gasteiger charge is -2.31. The van der Waals surface area contributed by atoms with Crippen molar-refractivity contribution in [1.82, 2.24) is 19.8 Å². The number of ether oxygens (including phenoxy) is 2. The van der Waals surface area contributed by atoms with E-state index in [1.807, 2.05) is 4.90 Å². The van der Waals surface area contributed by atoms with Crippen molar-refractivity contribution in [2.24, 2.45) is 16.9 Å². The molecule has 0 radical (unpaired) electrons. The van der Waals surface area contributed by atoms with Crippen molar-refractivity contribution < 1.29 is 37.1 Å². The monoisotopic (exact) mass is 608 g/mol. The second-order valence-electron chi connectivity index (χ2n) is 10.3. The van der Waals surface area contributed by atoms with Gasteiger partial charge in [-0.3, -0.25) is 14.4 Å². The number of carbonyl (C=O) groups excluding carboxylic acids is 4. The van der Waals surface area contributed by atoms with Gasteiger partial charge in [-0.1, -0.05) is 12.1 Å². The number of benzene rings is 1. The van der Waals surface area contributed by atoms with Gasteiger partial charge in [-0.2, -0.15) is 9.82 Å². The fourth-order valence-electron chi connectivity index (χ4n) is 4.89. The summed E-state index contributed by atoms with van der Waals surface area (Å²) >= 11 is 0. The summed E-state index contributed by atoms with van der Waals surface area (Å²) < 4.78 is 39.1. The Morgan fingerprint density at radius 3 is 2.62 bits per heavy atom. The Morgan fingerprint density at radius 2 is 1.95 bits per heavy atom. The van der Waals surface area contributed by atoms with E-state index in [0.717, 1.165) is 26.5 Å². The zero-order valence-corrected chi connectivity index (χ0v) is 24.8. The van der Waals surface area contributed by atoms with E-state index in [-0.39, 0.29) is 42.0 Å². The first kappa shape index (κ1) is 32.8. The topological polar surface area (TPSA) is 190 Å². The van der Waals surface area contributed by atoms with Crippen molar-refractivity contribution in [2.45, 2.75) is 62.4 Å². The van der Waals surface area contributed by atoms with Crippen molar-refractivity contribution >= 4 is 40.1 Å². The number of sulfonamides is 1. The van der Waals surface area contributed by atoms with Crippen molar-refractivity contribution in [3.63, 3.8) is 0 Å². The molecule has 1 saturated heterocycles. The molecule has 4 N–H and O–H groups in total. The highest BCUT2D eigenvalue weighted by Gasteiger charge is 2.39. The largest absolute Gasteiger partial charge is 0.466 e. The molecule has 1 aromatic carbocycles. The minimum Gasteiger partial charge on any atom is -0.466 e. The van der Waals surface area contributed by atoms with Crippen molar-refractivity contribution in [1.29, 1.82) is 0 Å². The van der Waals surface area contributed by atoms with Crippen LogP contribution in [0.5, 0.6) is 0 Å². The van der Waals surface area contributed by atoms with E-state index in [1.54, 1.807) is 13.3 Å². The van der Waals surface area contributed by atoms with E-state index in [0.29, 0.717) is 25.9 Å². The van der Waals surface area contributed by atoms with Crippen LogP contribution in [0.15, 0.2) is 34.3 Å². The Bertz CT molecular complexity index is 1250. The van der Waals surface area contributed by atoms with Gasteiger partial charge in [0.05, 0.1) is 37.0 Å². The summed E-state index contributed by atoms with van der Waals surface area (Å²) in [6.45, 7) is 3.65. The number of nitrogens with one attached hydrogen (secondary N) is 2. The molecule has 2 amide bonds. The number of likely N-dealkylation sites (tertiary alicyclic amines) is 1. The lowest BCUT2D eigenvalue weighted by Crippen LogP contribution is -2.52. The summed E-state index contributed by atoms with van der Waals surface area (Å²) in [5.41, 5.74) is -0.215. The van der Waals surface area contributed by atoms with E-state index < -0.39 is 46.2 Å². The molecule has 42 heavy (non-hydrogen) atoms. The molecule has 1 heterocycles. The first-order valence-electron chi connectivity index (χ1n) is 14.0. The van der Waals surface area contributed by atoms with Crippen LogP contribution in [0.1, 0.15) is 55.8 Å². The number of piperidine rings is 1. The normalized spacial score (nSPS) is 17.9. The molecule has 2 aliphatic rings. The minimum atomic E-state index is -4.47. The number of nitrogens with two attached hydrogens (primary N) is 1. The summed E-state index contributed by atoms with van der Waals surface area (Å²) in [6.07, 6.45) is 4.14. The first-order valence-corrected chi connectivity index (χ1v) is 15.5. The molecule has 0 aromatic heterocycles. The molecule has 1 saturated carbocycles. The zero-order valence-electron chi connectivity index (χ0n) is 24.0. The summed E-state index contributed by atoms with van der Waals surface area (Å²) in [6, 6.07) is 3.76. The van der Waals surface area contributed by atoms with E-state index in [4.69, 9.17) is 15.3 Å². The van der Waals surface area contributed by atoms with E-state index in [2.05, 4.69) is 15.1 Å². The maximum atomic E-state index is 13.8. The highest BCUT2D eigenvalue weighted by Crippen LogP contribution is 2.28. The quantitative estimate of drug-likeness (QED) is 0.0814. The van der Waals surface area contributed by atoms with Crippen LogP contribution in [-0.2, 0) is 33.9 Å². The highest BCUT2D eigenvalue weighted by molar-refractivity contribution is 7.89. The molecule has 1 aliphatic heterocycles. The van der Waals surface area contributed by atoms with Crippen LogP contribution in [0.4, 0.5) is 0 Å². The van der Waals surface area contributed by atoms with Crippen molar-refractivity contribution in [3.05, 3.63) is 29.8 Å². The minimum absolute atomic E-state index is 0.0154. The van der Waals surface area contributed by atoms with Gasteiger partial charge in [0.1, 0.15) is 12.4 Å². The van der Waals surface area contributed by atoms with Crippen molar-refractivity contribution in [3.8, 4) is 0 Å². The van der Waals surface area contributed by atoms with Gasteiger partial charge in [-0.25, -0.2) is 13.2 Å². The number of hydrogen-bond acceptors (Lipinski definition) is 10. The number of hydrogen-bond donors (Lipinski definition) is 3. The van der Waals surface area contributed by atoms with Gasteiger partial charge in [0.15, 0.2) is 0 Å². The zero-order chi connectivity index (χ0) is 30.7. The van der Waals surface area contributed by atoms with E-state index >= 15 is 0 Å². The Labute approximate surface area is 246 Å². The van der Waals surface area contributed by atoms with Crippen molar-refractivity contribution in [2.75, 3.05) is 39.9 Å². The molecule has 14 nitrogen and oxygen atoms in total. The summed E-state index contributed by atoms with van der Waals surface area (Å²) in [7, 11) is -3.34. The van der Waals surface area contributed by atoms with Crippen LogP contribution in [0.3, 0.4) is 0 Å². The predicted molar refractivity (Wildman–Crippen MR) is 152 cm³/mol. The predicted octanol–water partition coefficient (Wildman–Crippen LogP) is 0.185. The molecule has 1 aliphatic carbocycles. The third kappa shape index (κ3) is 9.41. The standard InChI is InChI=1S/C27H40N6O8S/c1-3-41-25(35)12-14-33(20-10-11-20)26(36)22(15-24(34)29-16-19-7-6-13-32(17-19)18-30-28)31-42(38,39)23-9-5-4-8-21(23)27(37)40-2/h4-5,8-9,18-20,22,31H,3,6-7,10-17,28H2,1-2H3,(H,29,34)/t19-,22-/m0/s1. The van der Waals surface area contributed by atoms with Gasteiger partial charge in [0.25, 0.3) is 0 Å². The molecule has 232 valence electrons.